The SMILES string of the molecule is CC(C)(C)OC(=O)N[C@@H](CC(=O)O)C(F)(F)F. The smallest absolute Gasteiger partial charge is 0.409 e. The maximum atomic E-state index is 12.3. The summed E-state index contributed by atoms with van der Waals surface area (Å²) in [5.74, 6) is -1.66. The molecule has 0 rings (SSSR count). The number of alkyl carbamates (subject to hydrolysis) is 1. The maximum absolute atomic E-state index is 12.3. The van der Waals surface area contributed by atoms with Crippen molar-refractivity contribution in [3.05, 3.63) is 0 Å². The minimum absolute atomic E-state index is 0.955. The van der Waals surface area contributed by atoms with E-state index in [4.69, 9.17) is 5.11 Å². The molecule has 0 fully saturated rings. The highest BCUT2D eigenvalue weighted by atomic mass is 19.4. The number of hydrogen-bond donors (Lipinski definition) is 2. The van der Waals surface area contributed by atoms with Crippen molar-refractivity contribution in [2.24, 2.45) is 0 Å². The number of carbonyl (C=O) groups excluding carboxylic acids is 1. The molecule has 0 bridgehead atoms. The molecule has 0 spiro atoms. The number of aliphatic carboxylic acids is 1. The second-order valence-corrected chi connectivity index (χ2v) is 4.34. The van der Waals surface area contributed by atoms with Gasteiger partial charge in [-0.05, 0) is 20.8 Å². The van der Waals surface area contributed by atoms with Crippen LogP contribution in [-0.4, -0.2) is 35.0 Å². The van der Waals surface area contributed by atoms with Gasteiger partial charge in [-0.3, -0.25) is 4.79 Å². The Balaban J connectivity index is 4.55. The van der Waals surface area contributed by atoms with Crippen molar-refractivity contribution in [1.82, 2.24) is 5.32 Å². The van der Waals surface area contributed by atoms with Crippen LogP contribution in [0, 0.1) is 0 Å². The minimum atomic E-state index is -4.84. The number of carboxylic acids is 1. The molecule has 0 saturated carbocycles. The van der Waals surface area contributed by atoms with Gasteiger partial charge in [-0.25, -0.2) is 4.79 Å². The minimum Gasteiger partial charge on any atom is -0.481 e. The number of carbonyl (C=O) groups is 2. The monoisotopic (exact) mass is 257 g/mol. The summed E-state index contributed by atoms with van der Waals surface area (Å²) in [6.45, 7) is 4.44. The van der Waals surface area contributed by atoms with E-state index < -0.39 is 36.3 Å². The molecule has 0 saturated heterocycles. The summed E-state index contributed by atoms with van der Waals surface area (Å²) in [6, 6.07) is -2.46. The fourth-order valence-corrected chi connectivity index (χ4v) is 0.873. The van der Waals surface area contributed by atoms with E-state index in [1.54, 1.807) is 0 Å². The summed E-state index contributed by atoms with van der Waals surface area (Å²) in [7, 11) is 0. The van der Waals surface area contributed by atoms with Crippen molar-refractivity contribution in [3.8, 4) is 0 Å². The molecule has 0 aliphatic heterocycles. The van der Waals surface area contributed by atoms with Crippen LogP contribution in [0.25, 0.3) is 0 Å². The average Bonchev–Trinajstić information content (AvgIpc) is 1.95. The first-order valence-electron chi connectivity index (χ1n) is 4.70. The first-order chi connectivity index (χ1) is 7.42. The summed E-state index contributed by atoms with van der Waals surface area (Å²) in [5, 5.41) is 9.78. The fraction of sp³-hybridized carbons (Fsp3) is 0.778. The Hall–Kier alpha value is -1.47. The van der Waals surface area contributed by atoms with E-state index in [-0.39, 0.29) is 0 Å². The van der Waals surface area contributed by atoms with Crippen molar-refractivity contribution in [2.45, 2.75) is 45.0 Å². The highest BCUT2D eigenvalue weighted by Crippen LogP contribution is 2.23. The van der Waals surface area contributed by atoms with Gasteiger partial charge in [0.05, 0.1) is 6.42 Å². The molecule has 0 aromatic heterocycles. The quantitative estimate of drug-likeness (QED) is 0.809. The Morgan fingerprint density at radius 1 is 1.29 bits per heavy atom. The van der Waals surface area contributed by atoms with Crippen molar-refractivity contribution in [1.29, 1.82) is 0 Å². The van der Waals surface area contributed by atoms with Gasteiger partial charge in [-0.1, -0.05) is 0 Å². The van der Waals surface area contributed by atoms with Crippen LogP contribution in [0.2, 0.25) is 0 Å². The molecule has 17 heavy (non-hydrogen) atoms. The Kier molecular flexibility index (Phi) is 4.79. The fourth-order valence-electron chi connectivity index (χ4n) is 0.873. The predicted molar refractivity (Wildman–Crippen MR) is 51.5 cm³/mol. The summed E-state index contributed by atoms with van der Waals surface area (Å²) in [4.78, 5) is 21.3. The number of alkyl halides is 3. The van der Waals surface area contributed by atoms with Crippen molar-refractivity contribution in [2.75, 3.05) is 0 Å². The lowest BCUT2D eigenvalue weighted by molar-refractivity contribution is -0.166. The van der Waals surface area contributed by atoms with Gasteiger partial charge in [-0.15, -0.1) is 0 Å². The van der Waals surface area contributed by atoms with Gasteiger partial charge in [-0.2, -0.15) is 13.2 Å². The molecule has 1 amide bonds. The predicted octanol–water partition coefficient (Wildman–Crippen LogP) is 1.92. The van der Waals surface area contributed by atoms with Crippen molar-refractivity contribution < 1.29 is 32.6 Å². The molecule has 0 aliphatic rings. The number of amides is 1. The molecule has 100 valence electrons. The van der Waals surface area contributed by atoms with Crippen LogP contribution in [-0.2, 0) is 9.53 Å². The molecule has 0 aromatic carbocycles. The molecular formula is C9H14F3NO4. The Bertz CT molecular complexity index is 296. The molecule has 0 unspecified atom stereocenters. The van der Waals surface area contributed by atoms with Gasteiger partial charge in [0.2, 0.25) is 0 Å². The molecule has 1 atom stereocenters. The first kappa shape index (κ1) is 15.5. The van der Waals surface area contributed by atoms with Crippen LogP contribution in [0.5, 0.6) is 0 Å². The van der Waals surface area contributed by atoms with Crippen LogP contribution in [0.4, 0.5) is 18.0 Å². The number of carboxylic acid groups (broad SMARTS) is 1. The molecule has 0 radical (unpaired) electrons. The van der Waals surface area contributed by atoms with E-state index in [9.17, 15) is 22.8 Å². The lowest BCUT2D eigenvalue weighted by atomic mass is 10.2. The third-order valence-corrected chi connectivity index (χ3v) is 1.46. The third kappa shape index (κ3) is 7.42. The van der Waals surface area contributed by atoms with Gasteiger partial charge < -0.3 is 15.2 Å². The topological polar surface area (TPSA) is 75.6 Å². The van der Waals surface area contributed by atoms with Gasteiger partial charge in [0.15, 0.2) is 0 Å². The van der Waals surface area contributed by atoms with E-state index in [0.29, 0.717) is 0 Å². The zero-order valence-corrected chi connectivity index (χ0v) is 9.59. The number of ether oxygens (including phenoxy) is 1. The Labute approximate surface area is 95.9 Å². The maximum Gasteiger partial charge on any atom is 0.409 e. The third-order valence-electron chi connectivity index (χ3n) is 1.46. The molecule has 2 N–H and O–H groups in total. The standard InChI is InChI=1S/C9H14F3NO4/c1-8(2,3)17-7(16)13-5(4-6(14)15)9(10,11)12/h5H,4H2,1-3H3,(H,13,16)(H,14,15)/t5-/m0/s1. The van der Waals surface area contributed by atoms with E-state index in [1.807, 2.05) is 0 Å². The number of halogens is 3. The number of rotatable bonds is 3. The van der Waals surface area contributed by atoms with Crippen molar-refractivity contribution >= 4 is 12.1 Å². The number of hydrogen-bond acceptors (Lipinski definition) is 3. The molecule has 5 nitrogen and oxygen atoms in total. The summed E-state index contributed by atoms with van der Waals surface area (Å²) < 4.78 is 41.6. The van der Waals surface area contributed by atoms with Gasteiger partial charge in [0.25, 0.3) is 0 Å². The van der Waals surface area contributed by atoms with Gasteiger partial charge in [0, 0.05) is 0 Å². The zero-order valence-electron chi connectivity index (χ0n) is 9.59. The van der Waals surface area contributed by atoms with Gasteiger partial charge >= 0.3 is 18.2 Å². The summed E-state index contributed by atoms with van der Waals surface area (Å²) >= 11 is 0. The van der Waals surface area contributed by atoms with E-state index in [2.05, 4.69) is 4.74 Å². The van der Waals surface area contributed by atoms with Crippen molar-refractivity contribution in [3.63, 3.8) is 0 Å². The van der Waals surface area contributed by atoms with E-state index in [0.717, 1.165) is 0 Å². The highest BCUT2D eigenvalue weighted by molar-refractivity contribution is 5.71. The second kappa shape index (κ2) is 5.24. The molecular weight excluding hydrogens is 243 g/mol. The van der Waals surface area contributed by atoms with Crippen LogP contribution in [0.1, 0.15) is 27.2 Å². The lowest BCUT2D eigenvalue weighted by Gasteiger charge is -2.24. The summed E-state index contributed by atoms with van der Waals surface area (Å²) in [6.07, 6.45) is -7.39. The van der Waals surface area contributed by atoms with E-state index in [1.165, 1.54) is 26.1 Å². The Morgan fingerprint density at radius 3 is 2.06 bits per heavy atom. The zero-order chi connectivity index (χ0) is 13.9. The lowest BCUT2D eigenvalue weighted by Crippen LogP contribution is -2.48. The average molecular weight is 257 g/mol. The largest absolute Gasteiger partial charge is 0.481 e. The molecule has 8 heteroatoms. The highest BCUT2D eigenvalue weighted by Gasteiger charge is 2.42. The van der Waals surface area contributed by atoms with Gasteiger partial charge in [0.1, 0.15) is 11.6 Å². The van der Waals surface area contributed by atoms with Crippen LogP contribution < -0.4 is 5.32 Å². The Morgan fingerprint density at radius 2 is 1.76 bits per heavy atom. The molecule has 0 aliphatic carbocycles. The number of nitrogens with one attached hydrogen (secondary N) is 1. The van der Waals surface area contributed by atoms with E-state index >= 15 is 0 Å². The summed E-state index contributed by atoms with van der Waals surface area (Å²) in [5.41, 5.74) is -0.955. The van der Waals surface area contributed by atoms with Crippen LogP contribution in [0.3, 0.4) is 0 Å². The first-order valence-corrected chi connectivity index (χ1v) is 4.70. The molecule has 0 heterocycles. The second-order valence-electron chi connectivity index (χ2n) is 4.34. The van der Waals surface area contributed by atoms with Crippen LogP contribution >= 0.6 is 0 Å². The molecule has 0 aromatic rings. The normalized spacial score (nSPS) is 14.0. The van der Waals surface area contributed by atoms with Crippen LogP contribution in [0.15, 0.2) is 0 Å².